The predicted molar refractivity (Wildman–Crippen MR) is 66.9 cm³/mol. The second-order valence-corrected chi connectivity index (χ2v) is 5.30. The van der Waals surface area contributed by atoms with Crippen molar-refractivity contribution < 1.29 is 14.7 Å². The third-order valence-corrected chi connectivity index (χ3v) is 2.69. The maximum atomic E-state index is 11.3. The molecule has 0 saturated carbocycles. The summed E-state index contributed by atoms with van der Waals surface area (Å²) in [5.74, 6) is -0.909. The van der Waals surface area contributed by atoms with Gasteiger partial charge in [-0.25, -0.2) is 4.79 Å². The molecule has 17 heavy (non-hydrogen) atoms. The van der Waals surface area contributed by atoms with Crippen molar-refractivity contribution in [3.05, 3.63) is 0 Å². The highest BCUT2D eigenvalue weighted by Gasteiger charge is 2.27. The molecule has 1 unspecified atom stereocenters. The fourth-order valence-electron chi connectivity index (χ4n) is 1.41. The van der Waals surface area contributed by atoms with Gasteiger partial charge in [0.2, 0.25) is 0 Å². The smallest absolute Gasteiger partial charge is 0.314 e. The Hall–Kier alpha value is -1.26. The highest BCUT2D eigenvalue weighted by atomic mass is 16.4. The SMILES string of the molecule is CCCNC(=O)NCC(CC(=O)O)C(C)(C)C. The van der Waals surface area contributed by atoms with E-state index in [9.17, 15) is 9.59 Å². The molecular weight excluding hydrogens is 220 g/mol. The van der Waals surface area contributed by atoms with Crippen LogP contribution in [0.5, 0.6) is 0 Å². The van der Waals surface area contributed by atoms with E-state index < -0.39 is 5.97 Å². The summed E-state index contributed by atoms with van der Waals surface area (Å²) in [5.41, 5.74) is -0.142. The zero-order chi connectivity index (χ0) is 13.5. The zero-order valence-electron chi connectivity index (χ0n) is 11.2. The number of rotatable bonds is 6. The van der Waals surface area contributed by atoms with Crippen molar-refractivity contribution >= 4 is 12.0 Å². The molecular formula is C12H24N2O3. The van der Waals surface area contributed by atoms with Gasteiger partial charge in [-0.1, -0.05) is 27.7 Å². The van der Waals surface area contributed by atoms with Gasteiger partial charge in [0.25, 0.3) is 0 Å². The van der Waals surface area contributed by atoms with Crippen molar-refractivity contribution in [1.82, 2.24) is 10.6 Å². The van der Waals surface area contributed by atoms with E-state index in [-0.39, 0.29) is 23.8 Å². The van der Waals surface area contributed by atoms with Gasteiger partial charge < -0.3 is 15.7 Å². The minimum atomic E-state index is -0.833. The van der Waals surface area contributed by atoms with Crippen LogP contribution in [0.2, 0.25) is 0 Å². The molecule has 0 radical (unpaired) electrons. The molecule has 0 fully saturated rings. The van der Waals surface area contributed by atoms with Crippen molar-refractivity contribution in [3.8, 4) is 0 Å². The van der Waals surface area contributed by atoms with Gasteiger partial charge in [-0.15, -0.1) is 0 Å². The minimum Gasteiger partial charge on any atom is -0.481 e. The van der Waals surface area contributed by atoms with Crippen molar-refractivity contribution in [3.63, 3.8) is 0 Å². The van der Waals surface area contributed by atoms with Gasteiger partial charge in [0.05, 0.1) is 6.42 Å². The summed E-state index contributed by atoms with van der Waals surface area (Å²) in [7, 11) is 0. The highest BCUT2D eigenvalue weighted by Crippen LogP contribution is 2.28. The van der Waals surface area contributed by atoms with Crippen LogP contribution in [0.1, 0.15) is 40.5 Å². The quantitative estimate of drug-likeness (QED) is 0.667. The largest absolute Gasteiger partial charge is 0.481 e. The molecule has 0 spiro atoms. The molecule has 0 rings (SSSR count). The second-order valence-electron chi connectivity index (χ2n) is 5.30. The van der Waals surface area contributed by atoms with Gasteiger partial charge in [0.15, 0.2) is 0 Å². The molecule has 0 aromatic carbocycles. The third-order valence-electron chi connectivity index (χ3n) is 2.69. The van der Waals surface area contributed by atoms with Crippen molar-refractivity contribution in [2.75, 3.05) is 13.1 Å². The summed E-state index contributed by atoms with van der Waals surface area (Å²) in [6.45, 7) is 8.92. The Morgan fingerprint density at radius 3 is 2.24 bits per heavy atom. The van der Waals surface area contributed by atoms with Gasteiger partial charge in [0.1, 0.15) is 0 Å². The van der Waals surface area contributed by atoms with Crippen molar-refractivity contribution in [2.45, 2.75) is 40.5 Å². The molecule has 5 nitrogen and oxygen atoms in total. The molecule has 0 aliphatic carbocycles. The number of carbonyl (C=O) groups excluding carboxylic acids is 1. The molecule has 0 aliphatic heterocycles. The van der Waals surface area contributed by atoms with Gasteiger partial charge in [-0.2, -0.15) is 0 Å². The molecule has 1 atom stereocenters. The summed E-state index contributed by atoms with van der Waals surface area (Å²) >= 11 is 0. The lowest BCUT2D eigenvalue weighted by Crippen LogP contribution is -2.41. The van der Waals surface area contributed by atoms with Crippen LogP contribution in [-0.4, -0.2) is 30.2 Å². The van der Waals surface area contributed by atoms with Crippen LogP contribution in [0, 0.1) is 11.3 Å². The standard InChI is InChI=1S/C12H24N2O3/c1-5-6-13-11(17)14-8-9(7-10(15)16)12(2,3)4/h9H,5-8H2,1-4H3,(H,15,16)(H2,13,14,17). The summed E-state index contributed by atoms with van der Waals surface area (Å²) in [4.78, 5) is 22.1. The average molecular weight is 244 g/mol. The first-order valence-electron chi connectivity index (χ1n) is 6.00. The van der Waals surface area contributed by atoms with Gasteiger partial charge in [-0.3, -0.25) is 4.79 Å². The highest BCUT2D eigenvalue weighted by molar-refractivity contribution is 5.74. The van der Waals surface area contributed by atoms with E-state index in [1.165, 1.54) is 0 Å². The van der Waals surface area contributed by atoms with Crippen LogP contribution < -0.4 is 10.6 Å². The predicted octanol–water partition coefficient (Wildman–Crippen LogP) is 1.83. The van der Waals surface area contributed by atoms with E-state index in [4.69, 9.17) is 5.11 Å². The van der Waals surface area contributed by atoms with Crippen LogP contribution in [-0.2, 0) is 4.79 Å². The van der Waals surface area contributed by atoms with E-state index >= 15 is 0 Å². The van der Waals surface area contributed by atoms with Crippen molar-refractivity contribution in [1.29, 1.82) is 0 Å². The average Bonchev–Trinajstić information content (AvgIpc) is 2.19. The maximum absolute atomic E-state index is 11.3. The number of carbonyl (C=O) groups is 2. The van der Waals surface area contributed by atoms with E-state index in [0.29, 0.717) is 13.1 Å². The normalized spacial score (nSPS) is 12.9. The molecule has 2 amide bonds. The van der Waals surface area contributed by atoms with E-state index in [1.54, 1.807) is 0 Å². The fraction of sp³-hybridized carbons (Fsp3) is 0.833. The number of hydrogen-bond acceptors (Lipinski definition) is 2. The van der Waals surface area contributed by atoms with Gasteiger partial charge in [-0.05, 0) is 17.8 Å². The lowest BCUT2D eigenvalue weighted by Gasteiger charge is -2.29. The molecule has 0 bridgehead atoms. The molecule has 0 aromatic rings. The monoisotopic (exact) mass is 244 g/mol. The number of aliphatic carboxylic acids is 1. The van der Waals surface area contributed by atoms with E-state index in [2.05, 4.69) is 10.6 Å². The molecule has 100 valence electrons. The van der Waals surface area contributed by atoms with Gasteiger partial charge in [0, 0.05) is 13.1 Å². The first-order chi connectivity index (χ1) is 7.77. The van der Waals surface area contributed by atoms with E-state index in [0.717, 1.165) is 6.42 Å². The van der Waals surface area contributed by atoms with Crippen LogP contribution in [0.3, 0.4) is 0 Å². The Balaban J connectivity index is 4.17. The van der Waals surface area contributed by atoms with Crippen LogP contribution in [0.15, 0.2) is 0 Å². The summed E-state index contributed by atoms with van der Waals surface area (Å²) in [6.07, 6.45) is 0.947. The number of carboxylic acid groups (broad SMARTS) is 1. The Labute approximate surface area is 103 Å². The first-order valence-corrected chi connectivity index (χ1v) is 6.00. The molecule has 0 aliphatic rings. The number of hydrogen-bond donors (Lipinski definition) is 3. The summed E-state index contributed by atoms with van der Waals surface area (Å²) < 4.78 is 0. The van der Waals surface area contributed by atoms with E-state index in [1.807, 2.05) is 27.7 Å². The Kier molecular flexibility index (Phi) is 6.61. The minimum absolute atomic E-state index is 0.0670. The number of nitrogens with one attached hydrogen (secondary N) is 2. The molecule has 0 aromatic heterocycles. The lowest BCUT2D eigenvalue weighted by molar-refractivity contribution is -0.139. The number of amides is 2. The van der Waals surface area contributed by atoms with Crippen LogP contribution >= 0.6 is 0 Å². The topological polar surface area (TPSA) is 78.4 Å². The number of urea groups is 1. The Morgan fingerprint density at radius 2 is 1.82 bits per heavy atom. The van der Waals surface area contributed by atoms with Crippen LogP contribution in [0.25, 0.3) is 0 Å². The molecule has 3 N–H and O–H groups in total. The maximum Gasteiger partial charge on any atom is 0.314 e. The summed E-state index contributed by atoms with van der Waals surface area (Å²) in [6, 6.07) is -0.230. The lowest BCUT2D eigenvalue weighted by atomic mass is 9.79. The second kappa shape index (κ2) is 7.14. The first kappa shape index (κ1) is 15.7. The zero-order valence-corrected chi connectivity index (χ0v) is 11.2. The summed E-state index contributed by atoms with van der Waals surface area (Å²) in [5, 5.41) is 14.2. The third kappa shape index (κ3) is 7.60. The van der Waals surface area contributed by atoms with Gasteiger partial charge >= 0.3 is 12.0 Å². The molecule has 0 heterocycles. The Morgan fingerprint density at radius 1 is 1.24 bits per heavy atom. The van der Waals surface area contributed by atoms with Crippen molar-refractivity contribution in [2.24, 2.45) is 11.3 Å². The fourth-order valence-corrected chi connectivity index (χ4v) is 1.41. The molecule has 5 heteroatoms. The number of carboxylic acids is 1. The van der Waals surface area contributed by atoms with Crippen LogP contribution in [0.4, 0.5) is 4.79 Å². The Bertz CT molecular complexity index is 259. The molecule has 0 saturated heterocycles.